The third-order valence-corrected chi connectivity index (χ3v) is 6.75. The van der Waals surface area contributed by atoms with Gasteiger partial charge in [0, 0.05) is 19.4 Å². The molecule has 0 radical (unpaired) electrons. The maximum absolute atomic E-state index is 6.58. The van der Waals surface area contributed by atoms with Crippen molar-refractivity contribution in [3.05, 3.63) is 108 Å². The van der Waals surface area contributed by atoms with Gasteiger partial charge in [-0.3, -0.25) is 0 Å². The first-order valence-electron chi connectivity index (χ1n) is 12.6. The number of rotatable bonds is 11. The van der Waals surface area contributed by atoms with Crippen LogP contribution in [0.2, 0.25) is 0 Å². The van der Waals surface area contributed by atoms with Gasteiger partial charge in [-0.15, -0.1) is 0 Å². The van der Waals surface area contributed by atoms with E-state index < -0.39 is 6.29 Å². The summed E-state index contributed by atoms with van der Waals surface area (Å²) in [5.41, 5.74) is 3.32. The SMILES string of the molecule is CO[C@@H]1C[C@H]2[C@@H](O1)O[C@H](COCc1ccccc1)[C@@H](OCc1ccccc1)[C@@H]2OCc1ccccc1. The lowest BCUT2D eigenvalue weighted by Crippen LogP contribution is -2.56. The molecule has 5 rings (SSSR count). The number of fused-ring (bicyclic) bond motifs is 1. The highest BCUT2D eigenvalue weighted by Gasteiger charge is 2.52. The van der Waals surface area contributed by atoms with Gasteiger partial charge < -0.3 is 28.4 Å². The lowest BCUT2D eigenvalue weighted by Gasteiger charge is -2.43. The average molecular weight is 491 g/mol. The summed E-state index contributed by atoms with van der Waals surface area (Å²) < 4.78 is 37.2. The quantitative estimate of drug-likeness (QED) is 0.372. The molecule has 190 valence electrons. The number of hydrogen-bond donors (Lipinski definition) is 0. The van der Waals surface area contributed by atoms with Crippen molar-refractivity contribution in [2.24, 2.45) is 5.92 Å². The summed E-state index contributed by atoms with van der Waals surface area (Å²) in [7, 11) is 1.66. The Hall–Kier alpha value is -2.58. The Morgan fingerprint density at radius 1 is 0.667 bits per heavy atom. The number of benzene rings is 3. The van der Waals surface area contributed by atoms with Crippen LogP contribution >= 0.6 is 0 Å². The summed E-state index contributed by atoms with van der Waals surface area (Å²) in [4.78, 5) is 0. The fraction of sp³-hybridized carbons (Fsp3) is 0.400. The molecule has 0 amide bonds. The van der Waals surface area contributed by atoms with Gasteiger partial charge in [0.25, 0.3) is 0 Å². The van der Waals surface area contributed by atoms with Crippen LogP contribution in [0.25, 0.3) is 0 Å². The zero-order chi connectivity index (χ0) is 24.6. The first kappa shape index (κ1) is 25.1. The lowest BCUT2D eigenvalue weighted by atomic mass is 9.89. The highest BCUT2D eigenvalue weighted by atomic mass is 16.8. The molecule has 2 fully saturated rings. The van der Waals surface area contributed by atoms with Crippen molar-refractivity contribution in [3.8, 4) is 0 Å². The Balaban J connectivity index is 1.34. The standard InChI is InChI=1S/C30H34O6/c1-31-27-17-25-28(33-19-23-13-7-3-8-14-23)29(34-20-24-15-9-4-10-16-24)26(35-30(25)36-27)21-32-18-22-11-5-2-6-12-22/h2-16,25-30H,17-21H2,1H3/t25-,26-,27+,28-,29-,30-/m1/s1. The van der Waals surface area contributed by atoms with Crippen LogP contribution in [0.4, 0.5) is 0 Å². The molecule has 3 aromatic carbocycles. The summed E-state index contributed by atoms with van der Waals surface area (Å²) in [6.45, 7) is 1.80. The highest BCUT2D eigenvalue weighted by Crippen LogP contribution is 2.40. The minimum absolute atomic E-state index is 0.00944. The van der Waals surface area contributed by atoms with Gasteiger partial charge in [0.15, 0.2) is 12.6 Å². The van der Waals surface area contributed by atoms with E-state index in [0.717, 1.165) is 16.7 Å². The Labute approximate surface area is 213 Å². The molecule has 0 unspecified atom stereocenters. The van der Waals surface area contributed by atoms with E-state index in [4.69, 9.17) is 28.4 Å². The lowest BCUT2D eigenvalue weighted by molar-refractivity contribution is -0.296. The number of methoxy groups -OCH3 is 1. The first-order chi connectivity index (χ1) is 17.8. The van der Waals surface area contributed by atoms with E-state index in [-0.39, 0.29) is 30.5 Å². The molecule has 0 bridgehead atoms. The zero-order valence-corrected chi connectivity index (χ0v) is 20.6. The van der Waals surface area contributed by atoms with Crippen LogP contribution in [0, 0.1) is 5.92 Å². The maximum Gasteiger partial charge on any atom is 0.166 e. The zero-order valence-electron chi connectivity index (χ0n) is 20.6. The molecular weight excluding hydrogens is 456 g/mol. The van der Waals surface area contributed by atoms with E-state index in [1.165, 1.54) is 0 Å². The van der Waals surface area contributed by atoms with Gasteiger partial charge in [-0.05, 0) is 16.7 Å². The Morgan fingerprint density at radius 2 is 1.19 bits per heavy atom. The molecular formula is C30H34O6. The molecule has 6 nitrogen and oxygen atoms in total. The Morgan fingerprint density at radius 3 is 1.75 bits per heavy atom. The third kappa shape index (κ3) is 6.40. The second-order valence-corrected chi connectivity index (χ2v) is 9.27. The molecule has 0 aromatic heterocycles. The molecule has 2 saturated heterocycles. The molecule has 0 saturated carbocycles. The van der Waals surface area contributed by atoms with E-state index in [1.54, 1.807) is 7.11 Å². The van der Waals surface area contributed by atoms with Gasteiger partial charge in [-0.1, -0.05) is 91.0 Å². The number of hydrogen-bond acceptors (Lipinski definition) is 6. The van der Waals surface area contributed by atoms with Gasteiger partial charge in [-0.25, -0.2) is 0 Å². The van der Waals surface area contributed by atoms with Crippen LogP contribution in [0.3, 0.4) is 0 Å². The molecule has 6 heteroatoms. The molecule has 36 heavy (non-hydrogen) atoms. The monoisotopic (exact) mass is 490 g/mol. The van der Waals surface area contributed by atoms with Crippen LogP contribution in [0.15, 0.2) is 91.0 Å². The van der Waals surface area contributed by atoms with Crippen molar-refractivity contribution in [2.75, 3.05) is 13.7 Å². The summed E-state index contributed by atoms with van der Waals surface area (Å²) in [6, 6.07) is 30.5. The van der Waals surface area contributed by atoms with Crippen molar-refractivity contribution < 1.29 is 28.4 Å². The van der Waals surface area contributed by atoms with Crippen molar-refractivity contribution in [1.82, 2.24) is 0 Å². The van der Waals surface area contributed by atoms with Crippen LogP contribution in [-0.4, -0.2) is 44.6 Å². The second kappa shape index (κ2) is 12.6. The summed E-state index contributed by atoms with van der Waals surface area (Å²) >= 11 is 0. The van der Waals surface area contributed by atoms with Gasteiger partial charge in [0.1, 0.15) is 12.2 Å². The topological polar surface area (TPSA) is 55.4 Å². The van der Waals surface area contributed by atoms with Crippen LogP contribution in [0.5, 0.6) is 0 Å². The summed E-state index contributed by atoms with van der Waals surface area (Å²) in [6.07, 6.45) is -0.999. The van der Waals surface area contributed by atoms with E-state index in [9.17, 15) is 0 Å². The molecule has 3 aromatic rings. The predicted octanol–water partition coefficient (Wildman–Crippen LogP) is 5.11. The molecule has 0 N–H and O–H groups in total. The van der Waals surface area contributed by atoms with Gasteiger partial charge in [0.2, 0.25) is 0 Å². The molecule has 2 heterocycles. The molecule has 2 aliphatic heterocycles. The summed E-state index contributed by atoms with van der Waals surface area (Å²) in [5, 5.41) is 0. The largest absolute Gasteiger partial charge is 0.374 e. The van der Waals surface area contributed by atoms with Crippen LogP contribution in [0.1, 0.15) is 23.1 Å². The van der Waals surface area contributed by atoms with Crippen molar-refractivity contribution in [1.29, 1.82) is 0 Å². The fourth-order valence-electron chi connectivity index (χ4n) is 4.87. The van der Waals surface area contributed by atoms with E-state index in [0.29, 0.717) is 32.8 Å². The van der Waals surface area contributed by atoms with E-state index in [2.05, 4.69) is 36.4 Å². The maximum atomic E-state index is 6.58. The fourth-order valence-corrected chi connectivity index (χ4v) is 4.87. The molecule has 0 aliphatic carbocycles. The minimum Gasteiger partial charge on any atom is -0.374 e. The van der Waals surface area contributed by atoms with Crippen molar-refractivity contribution in [3.63, 3.8) is 0 Å². The molecule has 0 spiro atoms. The third-order valence-electron chi connectivity index (χ3n) is 6.75. The van der Waals surface area contributed by atoms with Crippen LogP contribution < -0.4 is 0 Å². The molecule has 6 atom stereocenters. The smallest absolute Gasteiger partial charge is 0.166 e. The van der Waals surface area contributed by atoms with E-state index in [1.807, 2.05) is 54.6 Å². The second-order valence-electron chi connectivity index (χ2n) is 9.27. The van der Waals surface area contributed by atoms with Crippen molar-refractivity contribution in [2.45, 2.75) is 57.1 Å². The highest BCUT2D eigenvalue weighted by molar-refractivity contribution is 5.15. The Bertz CT molecular complexity index is 1030. The van der Waals surface area contributed by atoms with Crippen LogP contribution in [-0.2, 0) is 48.2 Å². The molecule has 2 aliphatic rings. The minimum atomic E-state index is -0.433. The normalized spacial score (nSPS) is 27.6. The van der Waals surface area contributed by atoms with Crippen molar-refractivity contribution >= 4 is 0 Å². The average Bonchev–Trinajstić information content (AvgIpc) is 3.35. The van der Waals surface area contributed by atoms with Gasteiger partial charge >= 0.3 is 0 Å². The van der Waals surface area contributed by atoms with Gasteiger partial charge in [-0.2, -0.15) is 0 Å². The summed E-state index contributed by atoms with van der Waals surface area (Å²) in [5.74, 6) is -0.00944. The first-order valence-corrected chi connectivity index (χ1v) is 12.6. The number of ether oxygens (including phenoxy) is 6. The predicted molar refractivity (Wildman–Crippen MR) is 135 cm³/mol. The Kier molecular flexibility index (Phi) is 8.77. The van der Waals surface area contributed by atoms with Gasteiger partial charge in [0.05, 0.1) is 32.5 Å². The van der Waals surface area contributed by atoms with E-state index >= 15 is 0 Å².